The number of hydrogen-bond donors (Lipinski definition) is 0. The van der Waals surface area contributed by atoms with Gasteiger partial charge in [-0.3, -0.25) is 4.57 Å². The van der Waals surface area contributed by atoms with E-state index in [2.05, 4.69) is 250 Å². The first-order valence-corrected chi connectivity index (χ1v) is 23.6. The Kier molecular flexibility index (Phi) is 8.00. The average molecular weight is 878 g/mol. The fourth-order valence-corrected chi connectivity index (χ4v) is 11.3. The van der Waals surface area contributed by atoms with Gasteiger partial charge >= 0.3 is 0 Å². The molecule has 0 bridgehead atoms. The Labute approximate surface area is 396 Å². The fourth-order valence-electron chi connectivity index (χ4n) is 11.3. The first-order valence-electron chi connectivity index (χ1n) is 23.6. The van der Waals surface area contributed by atoms with Crippen molar-refractivity contribution in [2.45, 2.75) is 0 Å². The molecule has 0 radical (unpaired) electrons. The van der Waals surface area contributed by atoms with Crippen molar-refractivity contribution in [1.29, 1.82) is 0 Å². The molecule has 15 rings (SSSR count). The first kappa shape index (κ1) is 37.9. The van der Waals surface area contributed by atoms with Gasteiger partial charge in [-0.15, -0.1) is 0 Å². The summed E-state index contributed by atoms with van der Waals surface area (Å²) in [5.74, 6) is 0.629. The van der Waals surface area contributed by atoms with Gasteiger partial charge in [-0.05, 0) is 99.7 Å². The molecule has 5 nitrogen and oxygen atoms in total. The topological polar surface area (TPSA) is 40.6 Å². The molecule has 0 saturated carbocycles. The van der Waals surface area contributed by atoms with Gasteiger partial charge in [0.1, 0.15) is 0 Å². The molecule has 15 aromatic rings. The molecule has 5 heteroatoms. The van der Waals surface area contributed by atoms with Crippen LogP contribution >= 0.6 is 0 Å². The van der Waals surface area contributed by atoms with Crippen molar-refractivity contribution in [2.75, 3.05) is 0 Å². The summed E-state index contributed by atoms with van der Waals surface area (Å²) in [7, 11) is 0. The Hall–Kier alpha value is -9.32. The lowest BCUT2D eigenvalue weighted by molar-refractivity contribution is 0.995. The maximum absolute atomic E-state index is 5.43. The standard InChI is InChI=1S/C64H39N5/c1-3-17-43-36-45(30-28-40(43)14-1)53-39-54(46-31-29-41-15-2-4-18-44(41)37-46)66-64(65-53)69-56-24-10-7-21-49(56)52-38-47(32-33-59(52)69)67-57-25-11-8-22-50(57)62-60(67)34-35-61-63(62)51-23-9-12-26-58(51)68(61)55-27-13-19-42-16-5-6-20-48(42)55/h1-39H. The smallest absolute Gasteiger partial charge is 0.235 e. The van der Waals surface area contributed by atoms with Crippen LogP contribution < -0.4 is 0 Å². The van der Waals surface area contributed by atoms with Gasteiger partial charge < -0.3 is 9.13 Å². The van der Waals surface area contributed by atoms with E-state index >= 15 is 0 Å². The molecule has 0 saturated heterocycles. The molecular weight excluding hydrogens is 839 g/mol. The van der Waals surface area contributed by atoms with E-state index in [1.807, 2.05) is 0 Å². The Morgan fingerprint density at radius 3 is 1.36 bits per heavy atom. The zero-order valence-corrected chi connectivity index (χ0v) is 37.3. The van der Waals surface area contributed by atoms with Crippen LogP contribution in [0.5, 0.6) is 0 Å². The molecule has 0 atom stereocenters. The molecule has 0 unspecified atom stereocenters. The fraction of sp³-hybridized carbons (Fsp3) is 0. The molecule has 4 heterocycles. The van der Waals surface area contributed by atoms with Gasteiger partial charge in [0.05, 0.1) is 50.2 Å². The summed E-state index contributed by atoms with van der Waals surface area (Å²) in [5.41, 5.74) is 12.9. The molecule has 11 aromatic carbocycles. The van der Waals surface area contributed by atoms with E-state index in [1.165, 1.54) is 76.1 Å². The summed E-state index contributed by atoms with van der Waals surface area (Å²) < 4.78 is 7.16. The second kappa shape index (κ2) is 14.6. The van der Waals surface area contributed by atoms with Crippen molar-refractivity contribution in [2.24, 2.45) is 0 Å². The number of para-hydroxylation sites is 3. The molecule has 69 heavy (non-hydrogen) atoms. The Morgan fingerprint density at radius 1 is 0.261 bits per heavy atom. The quantitative estimate of drug-likeness (QED) is 0.173. The average Bonchev–Trinajstić information content (AvgIpc) is 4.05. The highest BCUT2D eigenvalue weighted by Crippen LogP contribution is 2.44. The third kappa shape index (κ3) is 5.65. The van der Waals surface area contributed by atoms with Gasteiger partial charge in [-0.25, -0.2) is 9.97 Å². The highest BCUT2D eigenvalue weighted by atomic mass is 15.2. The van der Waals surface area contributed by atoms with Crippen molar-refractivity contribution in [3.63, 3.8) is 0 Å². The Bertz CT molecular complexity index is 4520. The zero-order valence-electron chi connectivity index (χ0n) is 37.3. The van der Waals surface area contributed by atoms with Gasteiger partial charge in [0.15, 0.2) is 0 Å². The van der Waals surface area contributed by atoms with E-state index in [0.717, 1.165) is 55.5 Å². The summed E-state index contributed by atoms with van der Waals surface area (Å²) >= 11 is 0. The second-order valence-corrected chi connectivity index (χ2v) is 18.2. The van der Waals surface area contributed by atoms with Crippen molar-refractivity contribution in [1.82, 2.24) is 23.7 Å². The largest absolute Gasteiger partial charge is 0.309 e. The summed E-state index contributed by atoms with van der Waals surface area (Å²) in [5, 5.41) is 14.4. The number of rotatable bonds is 5. The minimum atomic E-state index is 0.629. The summed E-state index contributed by atoms with van der Waals surface area (Å²) in [4.78, 5) is 10.9. The molecule has 0 amide bonds. The van der Waals surface area contributed by atoms with E-state index in [9.17, 15) is 0 Å². The molecule has 0 fully saturated rings. The van der Waals surface area contributed by atoms with Crippen LogP contribution in [-0.2, 0) is 0 Å². The molecule has 0 aliphatic heterocycles. The SMILES string of the molecule is c1ccc2cc(-c3cc(-c4ccc5ccccc5c4)nc(-n4c5ccccc5c5cc(-n6c7ccccc7c7c8c9ccccc9n(-c9cccc%10ccccc9%10)c8ccc76)ccc54)n3)ccc2c1. The summed E-state index contributed by atoms with van der Waals surface area (Å²) in [6.45, 7) is 0. The van der Waals surface area contributed by atoms with E-state index in [0.29, 0.717) is 5.95 Å². The van der Waals surface area contributed by atoms with Crippen molar-refractivity contribution in [3.8, 4) is 39.8 Å². The number of aromatic nitrogens is 5. The zero-order chi connectivity index (χ0) is 45.2. The molecule has 0 N–H and O–H groups in total. The van der Waals surface area contributed by atoms with Gasteiger partial charge in [0.25, 0.3) is 0 Å². The minimum Gasteiger partial charge on any atom is -0.309 e. The number of nitrogens with zero attached hydrogens (tertiary/aromatic N) is 5. The van der Waals surface area contributed by atoms with Crippen molar-refractivity contribution in [3.05, 3.63) is 237 Å². The van der Waals surface area contributed by atoms with Crippen LogP contribution in [0.15, 0.2) is 237 Å². The maximum atomic E-state index is 5.43. The van der Waals surface area contributed by atoms with Gasteiger partial charge in [0.2, 0.25) is 5.95 Å². The molecular formula is C64H39N5. The van der Waals surface area contributed by atoms with Gasteiger partial charge in [0, 0.05) is 54.5 Å². The second-order valence-electron chi connectivity index (χ2n) is 18.2. The highest BCUT2D eigenvalue weighted by Gasteiger charge is 2.23. The number of fused-ring (bicyclic) bond motifs is 13. The third-order valence-electron chi connectivity index (χ3n) is 14.4. The first-order chi connectivity index (χ1) is 34.2. The van der Waals surface area contributed by atoms with Crippen LogP contribution in [0.3, 0.4) is 0 Å². The summed E-state index contributed by atoms with van der Waals surface area (Å²) in [6, 6.07) is 85.6. The number of hydrogen-bond acceptors (Lipinski definition) is 2. The van der Waals surface area contributed by atoms with Crippen LogP contribution in [-0.4, -0.2) is 23.7 Å². The van der Waals surface area contributed by atoms with Gasteiger partial charge in [-0.2, -0.15) is 0 Å². The van der Waals surface area contributed by atoms with E-state index in [4.69, 9.17) is 9.97 Å². The molecule has 0 aliphatic carbocycles. The van der Waals surface area contributed by atoms with Crippen LogP contribution in [0.4, 0.5) is 0 Å². The molecule has 320 valence electrons. The monoisotopic (exact) mass is 877 g/mol. The van der Waals surface area contributed by atoms with Crippen LogP contribution in [0.2, 0.25) is 0 Å². The van der Waals surface area contributed by atoms with Gasteiger partial charge in [-0.1, -0.05) is 164 Å². The molecule has 0 spiro atoms. The van der Waals surface area contributed by atoms with E-state index in [1.54, 1.807) is 0 Å². The lowest BCUT2D eigenvalue weighted by atomic mass is 10.0. The van der Waals surface area contributed by atoms with Crippen molar-refractivity contribution >= 4 is 97.7 Å². The van der Waals surface area contributed by atoms with Crippen LogP contribution in [0, 0.1) is 0 Å². The predicted octanol–water partition coefficient (Wildman–Crippen LogP) is 16.6. The van der Waals surface area contributed by atoms with Crippen LogP contribution in [0.25, 0.3) is 138 Å². The summed E-state index contributed by atoms with van der Waals surface area (Å²) in [6.07, 6.45) is 0. The van der Waals surface area contributed by atoms with Crippen molar-refractivity contribution < 1.29 is 0 Å². The minimum absolute atomic E-state index is 0.629. The third-order valence-corrected chi connectivity index (χ3v) is 14.4. The number of benzene rings is 11. The lowest BCUT2D eigenvalue weighted by Gasteiger charge is -2.13. The maximum Gasteiger partial charge on any atom is 0.235 e. The predicted molar refractivity (Wildman–Crippen MR) is 288 cm³/mol. The Morgan fingerprint density at radius 2 is 0.725 bits per heavy atom. The van der Waals surface area contributed by atoms with Crippen LogP contribution in [0.1, 0.15) is 0 Å². The molecule has 4 aromatic heterocycles. The lowest BCUT2D eigenvalue weighted by Crippen LogP contribution is -2.04. The Balaban J connectivity index is 0.964. The molecule has 0 aliphatic rings. The van der Waals surface area contributed by atoms with E-state index in [-0.39, 0.29) is 0 Å². The highest BCUT2D eigenvalue weighted by molar-refractivity contribution is 6.29. The normalized spacial score (nSPS) is 12.1. The van der Waals surface area contributed by atoms with E-state index < -0.39 is 0 Å².